The summed E-state index contributed by atoms with van der Waals surface area (Å²) < 4.78 is 9.69. The van der Waals surface area contributed by atoms with E-state index in [2.05, 4.69) is 12.6 Å². The second-order valence-electron chi connectivity index (χ2n) is 1.97. The van der Waals surface area contributed by atoms with Crippen molar-refractivity contribution in [1.29, 1.82) is 0 Å². The Morgan fingerprint density at radius 3 is 2.50 bits per heavy atom. The van der Waals surface area contributed by atoms with Crippen LogP contribution >= 0.6 is 12.6 Å². The molecule has 0 aromatic rings. The van der Waals surface area contributed by atoms with Gasteiger partial charge in [0.1, 0.15) is 6.10 Å². The minimum absolute atomic E-state index is 0.410. The summed E-state index contributed by atoms with van der Waals surface area (Å²) >= 11 is 3.85. The summed E-state index contributed by atoms with van der Waals surface area (Å²) in [5.74, 6) is 0. The van der Waals surface area contributed by atoms with E-state index in [9.17, 15) is 5.11 Å². The van der Waals surface area contributed by atoms with Crippen LogP contribution in [0.2, 0.25) is 0 Å². The lowest BCUT2D eigenvalue weighted by atomic mass is 10.4. The third kappa shape index (κ3) is 2.88. The zero-order valence-electron chi connectivity index (χ0n) is 6.50. The molecule has 0 amide bonds. The van der Waals surface area contributed by atoms with Crippen molar-refractivity contribution in [3.05, 3.63) is 0 Å². The molecular formula is C6H14O3S. The zero-order valence-corrected chi connectivity index (χ0v) is 7.39. The Morgan fingerprint density at radius 2 is 2.20 bits per heavy atom. The van der Waals surface area contributed by atoms with Crippen LogP contribution in [0.15, 0.2) is 0 Å². The third-order valence-electron chi connectivity index (χ3n) is 1.24. The molecule has 0 aliphatic carbocycles. The average Bonchev–Trinajstić information content (AvgIpc) is 1.86. The molecule has 0 spiro atoms. The summed E-state index contributed by atoms with van der Waals surface area (Å²) in [4.78, 5) is 0. The molecule has 62 valence electrons. The lowest BCUT2D eigenvalue weighted by Gasteiger charge is -2.27. The molecule has 0 aromatic carbocycles. The van der Waals surface area contributed by atoms with Gasteiger partial charge < -0.3 is 14.6 Å². The lowest BCUT2D eigenvalue weighted by Crippen LogP contribution is -2.38. The van der Waals surface area contributed by atoms with Gasteiger partial charge in [-0.3, -0.25) is 0 Å². The summed E-state index contributed by atoms with van der Waals surface area (Å²) in [5, 5.41) is 7.83. The number of methoxy groups -OCH3 is 1. The standard InChI is InChI=1S/C6H14O3S/c1-4-9-6(7,10)5(2)8-3/h5,7,10H,4H2,1-3H3. The van der Waals surface area contributed by atoms with Crippen LogP contribution < -0.4 is 0 Å². The van der Waals surface area contributed by atoms with Crippen molar-refractivity contribution in [2.45, 2.75) is 25.1 Å². The van der Waals surface area contributed by atoms with Crippen LogP contribution in [0.5, 0.6) is 0 Å². The van der Waals surface area contributed by atoms with Crippen molar-refractivity contribution in [3.63, 3.8) is 0 Å². The number of hydrogen-bond acceptors (Lipinski definition) is 4. The van der Waals surface area contributed by atoms with Crippen LogP contribution in [0, 0.1) is 0 Å². The summed E-state index contributed by atoms with van der Waals surface area (Å²) in [6.45, 7) is 3.87. The highest BCUT2D eigenvalue weighted by Gasteiger charge is 2.29. The van der Waals surface area contributed by atoms with Crippen LogP contribution in [0.4, 0.5) is 0 Å². The monoisotopic (exact) mass is 166 g/mol. The average molecular weight is 166 g/mol. The Labute approximate surface area is 66.7 Å². The van der Waals surface area contributed by atoms with Gasteiger partial charge in [0.15, 0.2) is 0 Å². The molecule has 2 unspecified atom stereocenters. The number of hydrogen-bond donors (Lipinski definition) is 2. The summed E-state index contributed by atoms with van der Waals surface area (Å²) in [6, 6.07) is 0. The van der Waals surface area contributed by atoms with E-state index in [0.29, 0.717) is 6.61 Å². The first-order valence-corrected chi connectivity index (χ1v) is 3.60. The Balaban J connectivity index is 3.82. The Morgan fingerprint density at radius 1 is 1.70 bits per heavy atom. The fraction of sp³-hybridized carbons (Fsp3) is 1.00. The van der Waals surface area contributed by atoms with Gasteiger partial charge in [-0.1, -0.05) is 0 Å². The molecule has 0 aromatic heterocycles. The molecule has 0 aliphatic rings. The predicted molar refractivity (Wildman–Crippen MR) is 42.0 cm³/mol. The Kier molecular flexibility index (Phi) is 4.28. The van der Waals surface area contributed by atoms with E-state index in [1.54, 1.807) is 13.8 Å². The van der Waals surface area contributed by atoms with Gasteiger partial charge in [0.2, 0.25) is 5.12 Å². The van der Waals surface area contributed by atoms with Gasteiger partial charge in [-0.25, -0.2) is 0 Å². The van der Waals surface area contributed by atoms with Crippen molar-refractivity contribution in [2.75, 3.05) is 13.7 Å². The Bertz CT molecular complexity index is 95.0. The minimum atomic E-state index is -1.47. The molecule has 10 heavy (non-hydrogen) atoms. The molecule has 0 radical (unpaired) electrons. The van der Waals surface area contributed by atoms with Gasteiger partial charge in [0.05, 0.1) is 0 Å². The maximum absolute atomic E-state index is 9.30. The SMILES string of the molecule is CCOC(O)(S)C(C)OC. The summed E-state index contributed by atoms with van der Waals surface area (Å²) in [6.07, 6.45) is -0.434. The highest BCUT2D eigenvalue weighted by molar-refractivity contribution is 7.81. The van der Waals surface area contributed by atoms with E-state index in [0.717, 1.165) is 0 Å². The van der Waals surface area contributed by atoms with Crippen LogP contribution in [-0.4, -0.2) is 30.0 Å². The molecule has 0 fully saturated rings. The normalized spacial score (nSPS) is 20.1. The third-order valence-corrected chi connectivity index (χ3v) is 1.73. The van der Waals surface area contributed by atoms with E-state index in [1.807, 2.05) is 0 Å². The van der Waals surface area contributed by atoms with Crippen molar-refractivity contribution in [2.24, 2.45) is 0 Å². The first-order valence-electron chi connectivity index (χ1n) is 3.16. The quantitative estimate of drug-likeness (QED) is 0.475. The molecule has 0 rings (SSSR count). The molecule has 0 heterocycles. The van der Waals surface area contributed by atoms with Crippen molar-refractivity contribution < 1.29 is 14.6 Å². The van der Waals surface area contributed by atoms with E-state index < -0.39 is 11.2 Å². The van der Waals surface area contributed by atoms with Gasteiger partial charge in [-0.05, 0) is 13.8 Å². The van der Waals surface area contributed by atoms with Crippen molar-refractivity contribution >= 4 is 12.6 Å². The number of thiol groups is 1. The van der Waals surface area contributed by atoms with Crippen molar-refractivity contribution in [3.8, 4) is 0 Å². The second-order valence-corrected chi connectivity index (χ2v) is 2.61. The van der Waals surface area contributed by atoms with E-state index in [4.69, 9.17) is 9.47 Å². The topological polar surface area (TPSA) is 38.7 Å². The first-order chi connectivity index (χ1) is 4.54. The van der Waals surface area contributed by atoms with Crippen molar-refractivity contribution in [1.82, 2.24) is 0 Å². The molecule has 4 heteroatoms. The number of aliphatic hydroxyl groups is 1. The predicted octanol–water partition coefficient (Wildman–Crippen LogP) is 0.634. The van der Waals surface area contributed by atoms with Crippen LogP contribution in [0.3, 0.4) is 0 Å². The second kappa shape index (κ2) is 4.18. The zero-order chi connectivity index (χ0) is 8.20. The number of rotatable bonds is 4. The van der Waals surface area contributed by atoms with Gasteiger partial charge >= 0.3 is 0 Å². The van der Waals surface area contributed by atoms with Crippen LogP contribution in [0.25, 0.3) is 0 Å². The molecule has 1 N–H and O–H groups in total. The van der Waals surface area contributed by atoms with Gasteiger partial charge in [0.25, 0.3) is 0 Å². The fourth-order valence-corrected chi connectivity index (χ4v) is 0.718. The fourth-order valence-electron chi connectivity index (χ4n) is 0.483. The number of ether oxygens (including phenoxy) is 2. The van der Waals surface area contributed by atoms with Gasteiger partial charge in [-0.15, -0.1) is 12.6 Å². The van der Waals surface area contributed by atoms with E-state index in [-0.39, 0.29) is 0 Å². The smallest absolute Gasteiger partial charge is 0.239 e. The summed E-state index contributed by atoms with van der Waals surface area (Å²) in [7, 11) is 1.49. The van der Waals surface area contributed by atoms with Crippen LogP contribution in [-0.2, 0) is 9.47 Å². The van der Waals surface area contributed by atoms with E-state index in [1.165, 1.54) is 7.11 Å². The summed E-state index contributed by atoms with van der Waals surface area (Å²) in [5.41, 5.74) is 0. The molecule has 0 bridgehead atoms. The highest BCUT2D eigenvalue weighted by atomic mass is 32.1. The molecule has 0 saturated carbocycles. The first kappa shape index (κ1) is 10.2. The lowest BCUT2D eigenvalue weighted by molar-refractivity contribution is -0.188. The molecule has 3 nitrogen and oxygen atoms in total. The van der Waals surface area contributed by atoms with E-state index >= 15 is 0 Å². The molecule has 0 saturated heterocycles. The maximum Gasteiger partial charge on any atom is 0.239 e. The van der Waals surface area contributed by atoms with Gasteiger partial charge in [0, 0.05) is 13.7 Å². The largest absolute Gasteiger partial charge is 0.375 e. The maximum atomic E-state index is 9.30. The Hall–Kier alpha value is 0.230. The van der Waals surface area contributed by atoms with Crippen LogP contribution in [0.1, 0.15) is 13.8 Å². The molecule has 2 atom stereocenters. The molecular weight excluding hydrogens is 152 g/mol. The highest BCUT2D eigenvalue weighted by Crippen LogP contribution is 2.18. The molecule has 0 aliphatic heterocycles. The minimum Gasteiger partial charge on any atom is -0.375 e. The van der Waals surface area contributed by atoms with Gasteiger partial charge in [-0.2, -0.15) is 0 Å².